The molecule has 0 aromatic heterocycles. The average Bonchev–Trinajstić information content (AvgIpc) is 2.44. The molecule has 7 heteroatoms. The second kappa shape index (κ2) is 10.8. The summed E-state index contributed by atoms with van der Waals surface area (Å²) in [6.45, 7) is 12.7. The number of guanidine groups is 1. The van der Waals surface area contributed by atoms with Crippen molar-refractivity contribution in [3.63, 3.8) is 0 Å². The van der Waals surface area contributed by atoms with Gasteiger partial charge in [-0.05, 0) is 34.1 Å². The van der Waals surface area contributed by atoms with Crippen LogP contribution in [-0.2, 0) is 9.84 Å². The molecule has 0 spiro atoms. The van der Waals surface area contributed by atoms with E-state index in [1.165, 1.54) is 0 Å². The first-order valence-corrected chi connectivity index (χ1v) is 9.96. The Labute approximate surface area is 136 Å². The Morgan fingerprint density at radius 3 is 2.09 bits per heavy atom. The third-order valence-electron chi connectivity index (χ3n) is 3.58. The van der Waals surface area contributed by atoms with E-state index in [1.807, 2.05) is 0 Å². The third kappa shape index (κ3) is 9.25. The maximum Gasteiger partial charge on any atom is 0.191 e. The predicted octanol–water partition coefficient (Wildman–Crippen LogP) is 1.10. The summed E-state index contributed by atoms with van der Waals surface area (Å²) in [4.78, 5) is 6.56. The molecule has 0 rings (SSSR count). The minimum absolute atomic E-state index is 0.138. The molecule has 0 atom stereocenters. The third-order valence-corrected chi connectivity index (χ3v) is 5.29. The molecule has 0 aliphatic carbocycles. The van der Waals surface area contributed by atoms with E-state index in [-0.39, 0.29) is 11.5 Å². The fourth-order valence-corrected chi connectivity index (χ4v) is 2.97. The number of hydrogen-bond donors (Lipinski definition) is 2. The van der Waals surface area contributed by atoms with Crippen molar-refractivity contribution in [2.24, 2.45) is 4.99 Å². The molecule has 0 aromatic carbocycles. The number of hydrogen-bond acceptors (Lipinski definition) is 4. The maximum absolute atomic E-state index is 11.4. The van der Waals surface area contributed by atoms with Crippen LogP contribution in [0.5, 0.6) is 0 Å². The number of rotatable bonds is 10. The predicted molar refractivity (Wildman–Crippen MR) is 95.3 cm³/mol. The highest BCUT2D eigenvalue weighted by atomic mass is 32.2. The first kappa shape index (κ1) is 21.2. The normalized spacial score (nSPS) is 13.2. The van der Waals surface area contributed by atoms with Gasteiger partial charge in [0.1, 0.15) is 0 Å². The molecule has 0 heterocycles. The van der Waals surface area contributed by atoms with Crippen molar-refractivity contribution in [1.29, 1.82) is 0 Å². The minimum atomic E-state index is -2.93. The van der Waals surface area contributed by atoms with Crippen LogP contribution >= 0.6 is 0 Å². The number of nitrogens with one attached hydrogen (secondary N) is 2. The molecule has 0 aliphatic rings. The Morgan fingerprint density at radius 2 is 1.64 bits per heavy atom. The van der Waals surface area contributed by atoms with Gasteiger partial charge in [0, 0.05) is 44.5 Å². The molecule has 0 unspecified atom stereocenters. The van der Waals surface area contributed by atoms with Crippen LogP contribution in [0.3, 0.4) is 0 Å². The van der Waals surface area contributed by atoms with E-state index < -0.39 is 9.84 Å². The highest BCUT2D eigenvalue weighted by Crippen LogP contribution is 2.05. The summed E-state index contributed by atoms with van der Waals surface area (Å²) < 4.78 is 22.9. The van der Waals surface area contributed by atoms with Crippen molar-refractivity contribution in [3.05, 3.63) is 0 Å². The van der Waals surface area contributed by atoms with Gasteiger partial charge >= 0.3 is 0 Å². The summed E-state index contributed by atoms with van der Waals surface area (Å²) in [6, 6.07) is 1.08. The Kier molecular flexibility index (Phi) is 10.4. The Balaban J connectivity index is 4.02. The number of aliphatic imine (C=N–C) groups is 1. The van der Waals surface area contributed by atoms with E-state index in [0.717, 1.165) is 19.5 Å². The van der Waals surface area contributed by atoms with Crippen LogP contribution in [0, 0.1) is 0 Å². The SMILES string of the molecule is CCS(=O)(=O)CCNC(=NC)NCCCN(C(C)C)C(C)C. The Hall–Kier alpha value is -0.820. The van der Waals surface area contributed by atoms with Gasteiger partial charge in [0.25, 0.3) is 0 Å². The monoisotopic (exact) mass is 334 g/mol. The number of sulfone groups is 1. The van der Waals surface area contributed by atoms with Crippen LogP contribution in [0.15, 0.2) is 4.99 Å². The molecular weight excluding hydrogens is 300 g/mol. The lowest BCUT2D eigenvalue weighted by atomic mass is 10.2. The van der Waals surface area contributed by atoms with Crippen molar-refractivity contribution in [2.45, 2.75) is 53.1 Å². The summed E-state index contributed by atoms with van der Waals surface area (Å²) in [6.07, 6.45) is 1.02. The summed E-state index contributed by atoms with van der Waals surface area (Å²) in [5.74, 6) is 0.978. The summed E-state index contributed by atoms with van der Waals surface area (Å²) in [7, 11) is -1.24. The van der Waals surface area contributed by atoms with Gasteiger partial charge in [-0.1, -0.05) is 6.92 Å². The smallest absolute Gasteiger partial charge is 0.191 e. The lowest BCUT2D eigenvalue weighted by Gasteiger charge is -2.30. The van der Waals surface area contributed by atoms with Gasteiger partial charge in [0.15, 0.2) is 15.8 Å². The first-order chi connectivity index (χ1) is 10.2. The summed E-state index contributed by atoms with van der Waals surface area (Å²) >= 11 is 0. The van der Waals surface area contributed by atoms with Crippen molar-refractivity contribution < 1.29 is 8.42 Å². The second-order valence-corrected chi connectivity index (χ2v) is 8.41. The molecule has 22 heavy (non-hydrogen) atoms. The van der Waals surface area contributed by atoms with Crippen molar-refractivity contribution in [3.8, 4) is 0 Å². The maximum atomic E-state index is 11.4. The van der Waals surface area contributed by atoms with E-state index in [0.29, 0.717) is 24.6 Å². The molecule has 0 bridgehead atoms. The summed E-state index contributed by atoms with van der Waals surface area (Å²) in [5, 5.41) is 6.26. The summed E-state index contributed by atoms with van der Waals surface area (Å²) in [5.41, 5.74) is 0. The highest BCUT2D eigenvalue weighted by molar-refractivity contribution is 7.91. The van der Waals surface area contributed by atoms with Crippen molar-refractivity contribution >= 4 is 15.8 Å². The largest absolute Gasteiger partial charge is 0.356 e. The molecule has 6 nitrogen and oxygen atoms in total. The average molecular weight is 335 g/mol. The Bertz CT molecular complexity index is 411. The van der Waals surface area contributed by atoms with Crippen LogP contribution in [0.1, 0.15) is 41.0 Å². The van der Waals surface area contributed by atoms with E-state index in [2.05, 4.69) is 48.2 Å². The van der Waals surface area contributed by atoms with Gasteiger partial charge in [-0.2, -0.15) is 0 Å². The van der Waals surface area contributed by atoms with Gasteiger partial charge in [-0.25, -0.2) is 8.42 Å². The molecule has 2 N–H and O–H groups in total. The molecule has 132 valence electrons. The van der Waals surface area contributed by atoms with Crippen LogP contribution < -0.4 is 10.6 Å². The second-order valence-electron chi connectivity index (χ2n) is 5.94. The fourth-order valence-electron chi connectivity index (χ4n) is 2.27. The van der Waals surface area contributed by atoms with Gasteiger partial charge in [-0.15, -0.1) is 0 Å². The van der Waals surface area contributed by atoms with E-state index >= 15 is 0 Å². The molecule has 0 amide bonds. The Morgan fingerprint density at radius 1 is 1.09 bits per heavy atom. The lowest BCUT2D eigenvalue weighted by Crippen LogP contribution is -2.42. The standard InChI is InChI=1S/C15H34N4O2S/c1-7-22(20,21)12-10-18-15(16-6)17-9-8-11-19(13(2)3)14(4)5/h13-14H,7-12H2,1-6H3,(H2,16,17,18). The molecule has 0 saturated heterocycles. The van der Waals surface area contributed by atoms with Crippen LogP contribution in [-0.4, -0.2) is 69.5 Å². The molecule has 0 aromatic rings. The van der Waals surface area contributed by atoms with Gasteiger partial charge < -0.3 is 10.6 Å². The van der Waals surface area contributed by atoms with Crippen molar-refractivity contribution in [1.82, 2.24) is 15.5 Å². The number of nitrogens with zero attached hydrogens (tertiary/aromatic N) is 2. The fraction of sp³-hybridized carbons (Fsp3) is 0.933. The van der Waals surface area contributed by atoms with E-state index in [9.17, 15) is 8.42 Å². The first-order valence-electron chi connectivity index (χ1n) is 8.14. The zero-order valence-corrected chi connectivity index (χ0v) is 15.8. The van der Waals surface area contributed by atoms with E-state index in [1.54, 1.807) is 14.0 Å². The molecule has 0 radical (unpaired) electrons. The quantitative estimate of drug-likeness (QED) is 0.355. The molecule has 0 saturated carbocycles. The van der Waals surface area contributed by atoms with Crippen molar-refractivity contribution in [2.75, 3.05) is 38.2 Å². The van der Waals surface area contributed by atoms with Crippen LogP contribution in [0.2, 0.25) is 0 Å². The zero-order chi connectivity index (χ0) is 17.2. The van der Waals surface area contributed by atoms with Gasteiger partial charge in [-0.3, -0.25) is 9.89 Å². The van der Waals surface area contributed by atoms with Gasteiger partial charge in [0.05, 0.1) is 5.75 Å². The zero-order valence-electron chi connectivity index (χ0n) is 15.0. The molecule has 0 aliphatic heterocycles. The van der Waals surface area contributed by atoms with E-state index in [4.69, 9.17) is 0 Å². The minimum Gasteiger partial charge on any atom is -0.356 e. The van der Waals surface area contributed by atoms with Gasteiger partial charge in [0.2, 0.25) is 0 Å². The van der Waals surface area contributed by atoms with Crippen LogP contribution in [0.25, 0.3) is 0 Å². The topological polar surface area (TPSA) is 73.8 Å². The van der Waals surface area contributed by atoms with Crippen LogP contribution in [0.4, 0.5) is 0 Å². The highest BCUT2D eigenvalue weighted by Gasteiger charge is 2.12. The molecular formula is C15H34N4O2S. The molecule has 0 fully saturated rings. The lowest BCUT2D eigenvalue weighted by molar-refractivity contribution is 0.173.